The van der Waals surface area contributed by atoms with Crippen LogP contribution in [0.1, 0.15) is 0 Å². The second-order valence-corrected chi connectivity index (χ2v) is 3.39. The molecular formula is C9H8OS. The van der Waals surface area contributed by atoms with Gasteiger partial charge in [-0.15, -0.1) is 11.8 Å². The molecule has 0 aliphatic carbocycles. The third kappa shape index (κ3) is 1.26. The van der Waals surface area contributed by atoms with E-state index in [1.807, 2.05) is 18.2 Å². The molecule has 0 fully saturated rings. The lowest BCUT2D eigenvalue weighted by atomic mass is 10.3. The van der Waals surface area contributed by atoms with Crippen LogP contribution < -0.4 is 4.74 Å². The predicted octanol–water partition coefficient (Wildman–Crippen LogP) is 2.68. The Morgan fingerprint density at radius 2 is 2.18 bits per heavy atom. The second kappa shape index (κ2) is 2.62. The number of hydrogen-bond acceptors (Lipinski definition) is 2. The Morgan fingerprint density at radius 3 is 3.09 bits per heavy atom. The molecule has 1 aliphatic heterocycles. The number of benzene rings is 1. The van der Waals surface area contributed by atoms with Crippen LogP contribution in [0.15, 0.2) is 41.5 Å². The molecule has 0 N–H and O–H groups in total. The summed E-state index contributed by atoms with van der Waals surface area (Å²) in [7, 11) is 0. The monoisotopic (exact) mass is 164 g/mol. The molecule has 1 heterocycles. The molecule has 0 spiro atoms. The van der Waals surface area contributed by atoms with Crippen molar-refractivity contribution in [1.82, 2.24) is 0 Å². The highest BCUT2D eigenvalue weighted by molar-refractivity contribution is 7.99. The van der Waals surface area contributed by atoms with Crippen molar-refractivity contribution in [1.29, 1.82) is 0 Å². The van der Waals surface area contributed by atoms with Crippen molar-refractivity contribution in [2.45, 2.75) is 4.90 Å². The van der Waals surface area contributed by atoms with E-state index in [-0.39, 0.29) is 0 Å². The normalized spacial score (nSPS) is 15.5. The van der Waals surface area contributed by atoms with E-state index < -0.39 is 0 Å². The number of rotatable bonds is 0. The minimum atomic E-state index is 0.841. The average Bonchev–Trinajstić information content (AvgIpc) is 2.04. The van der Waals surface area contributed by atoms with Gasteiger partial charge in [-0.2, -0.15) is 0 Å². The number of para-hydroxylation sites is 1. The summed E-state index contributed by atoms with van der Waals surface area (Å²) in [5.74, 6) is 2.65. The SMILES string of the molecule is C=C1CSc2ccccc2O1. The Bertz CT molecular complexity index is 293. The van der Waals surface area contributed by atoms with Gasteiger partial charge >= 0.3 is 0 Å². The first kappa shape index (κ1) is 6.80. The summed E-state index contributed by atoms with van der Waals surface area (Å²) in [4.78, 5) is 1.21. The van der Waals surface area contributed by atoms with Gasteiger partial charge in [-0.05, 0) is 12.1 Å². The van der Waals surface area contributed by atoms with E-state index >= 15 is 0 Å². The first-order valence-corrected chi connectivity index (χ1v) is 4.42. The molecule has 1 nitrogen and oxygen atoms in total. The predicted molar refractivity (Wildman–Crippen MR) is 46.9 cm³/mol. The molecule has 11 heavy (non-hydrogen) atoms. The van der Waals surface area contributed by atoms with Crippen LogP contribution >= 0.6 is 11.8 Å². The van der Waals surface area contributed by atoms with Gasteiger partial charge in [0.25, 0.3) is 0 Å². The zero-order valence-corrected chi connectivity index (χ0v) is 6.86. The third-order valence-electron chi connectivity index (χ3n) is 1.49. The highest BCUT2D eigenvalue weighted by Crippen LogP contribution is 2.35. The fourth-order valence-corrected chi connectivity index (χ4v) is 1.80. The smallest absolute Gasteiger partial charge is 0.140 e. The molecule has 0 bridgehead atoms. The molecule has 1 aliphatic rings. The number of fused-ring (bicyclic) bond motifs is 1. The van der Waals surface area contributed by atoms with E-state index in [0.717, 1.165) is 17.3 Å². The van der Waals surface area contributed by atoms with Crippen molar-refractivity contribution < 1.29 is 4.74 Å². The Kier molecular flexibility index (Phi) is 1.62. The lowest BCUT2D eigenvalue weighted by Crippen LogP contribution is -2.02. The van der Waals surface area contributed by atoms with Gasteiger partial charge in [-0.3, -0.25) is 0 Å². The van der Waals surface area contributed by atoms with Crippen LogP contribution in [0.2, 0.25) is 0 Å². The van der Waals surface area contributed by atoms with Crippen LogP contribution in [0, 0.1) is 0 Å². The molecule has 56 valence electrons. The van der Waals surface area contributed by atoms with Crippen molar-refractivity contribution >= 4 is 11.8 Å². The van der Waals surface area contributed by atoms with Gasteiger partial charge in [-0.25, -0.2) is 0 Å². The zero-order valence-electron chi connectivity index (χ0n) is 6.04. The van der Waals surface area contributed by atoms with Gasteiger partial charge < -0.3 is 4.74 Å². The summed E-state index contributed by atoms with van der Waals surface area (Å²) in [5.41, 5.74) is 0. The highest BCUT2D eigenvalue weighted by atomic mass is 32.2. The van der Waals surface area contributed by atoms with Crippen LogP contribution in [-0.4, -0.2) is 5.75 Å². The third-order valence-corrected chi connectivity index (χ3v) is 2.61. The maximum atomic E-state index is 5.42. The molecule has 0 saturated heterocycles. The van der Waals surface area contributed by atoms with E-state index in [4.69, 9.17) is 4.74 Å². The Morgan fingerprint density at radius 1 is 1.36 bits per heavy atom. The van der Waals surface area contributed by atoms with E-state index in [0.29, 0.717) is 0 Å². The van der Waals surface area contributed by atoms with Gasteiger partial charge in [-0.1, -0.05) is 18.7 Å². The summed E-state index contributed by atoms with van der Waals surface area (Å²) in [6, 6.07) is 8.01. The largest absolute Gasteiger partial charge is 0.460 e. The summed E-state index contributed by atoms with van der Waals surface area (Å²) in [6.07, 6.45) is 0. The lowest BCUT2D eigenvalue weighted by molar-refractivity contribution is 0.417. The minimum absolute atomic E-state index is 0.841. The molecule has 1 aromatic carbocycles. The van der Waals surface area contributed by atoms with Crippen molar-refractivity contribution in [3.05, 3.63) is 36.6 Å². The molecule has 0 unspecified atom stereocenters. The quantitative estimate of drug-likeness (QED) is 0.583. The van der Waals surface area contributed by atoms with E-state index in [9.17, 15) is 0 Å². The molecule has 0 saturated carbocycles. The Balaban J connectivity index is 2.41. The zero-order chi connectivity index (χ0) is 7.68. The summed E-state index contributed by atoms with van der Waals surface area (Å²) in [5, 5.41) is 0. The van der Waals surface area contributed by atoms with Crippen LogP contribution in [0.25, 0.3) is 0 Å². The van der Waals surface area contributed by atoms with Crippen LogP contribution in [0.5, 0.6) is 5.75 Å². The fourth-order valence-electron chi connectivity index (χ4n) is 0.997. The summed E-state index contributed by atoms with van der Waals surface area (Å²) in [6.45, 7) is 3.77. The van der Waals surface area contributed by atoms with Gasteiger partial charge in [0, 0.05) is 0 Å². The van der Waals surface area contributed by atoms with Crippen LogP contribution in [0.4, 0.5) is 0 Å². The molecule has 1 aromatic rings. The van der Waals surface area contributed by atoms with Crippen LogP contribution in [-0.2, 0) is 0 Å². The first-order chi connectivity index (χ1) is 5.36. The van der Waals surface area contributed by atoms with E-state index in [2.05, 4.69) is 12.6 Å². The van der Waals surface area contributed by atoms with Crippen molar-refractivity contribution in [3.8, 4) is 5.75 Å². The molecular weight excluding hydrogens is 156 g/mol. The average molecular weight is 164 g/mol. The number of hydrogen-bond donors (Lipinski definition) is 0. The standard InChI is InChI=1S/C9H8OS/c1-7-6-11-9-5-3-2-4-8(9)10-7/h2-5H,1,6H2. The van der Waals surface area contributed by atoms with Crippen molar-refractivity contribution in [2.24, 2.45) is 0 Å². The minimum Gasteiger partial charge on any atom is -0.460 e. The van der Waals surface area contributed by atoms with E-state index in [1.165, 1.54) is 4.90 Å². The maximum absolute atomic E-state index is 5.42. The molecule has 0 aromatic heterocycles. The van der Waals surface area contributed by atoms with Gasteiger partial charge in [0.2, 0.25) is 0 Å². The van der Waals surface area contributed by atoms with Gasteiger partial charge in [0.1, 0.15) is 11.5 Å². The topological polar surface area (TPSA) is 9.23 Å². The first-order valence-electron chi connectivity index (χ1n) is 3.44. The molecule has 0 radical (unpaired) electrons. The number of thioether (sulfide) groups is 1. The van der Waals surface area contributed by atoms with Crippen LogP contribution in [0.3, 0.4) is 0 Å². The summed E-state index contributed by atoms with van der Waals surface area (Å²) < 4.78 is 5.42. The van der Waals surface area contributed by atoms with Crippen molar-refractivity contribution in [2.75, 3.05) is 5.75 Å². The Labute approximate surface area is 70.1 Å². The maximum Gasteiger partial charge on any atom is 0.140 e. The van der Waals surface area contributed by atoms with Crippen molar-refractivity contribution in [3.63, 3.8) is 0 Å². The van der Waals surface area contributed by atoms with E-state index in [1.54, 1.807) is 11.8 Å². The molecule has 0 amide bonds. The molecule has 0 atom stereocenters. The van der Waals surface area contributed by atoms with Gasteiger partial charge in [0.05, 0.1) is 10.6 Å². The lowest BCUT2D eigenvalue weighted by Gasteiger charge is -2.17. The molecule has 2 rings (SSSR count). The summed E-state index contributed by atoms with van der Waals surface area (Å²) >= 11 is 1.77. The Hall–Kier alpha value is -0.890. The van der Waals surface area contributed by atoms with Gasteiger partial charge in [0.15, 0.2) is 0 Å². The number of ether oxygens (including phenoxy) is 1. The second-order valence-electron chi connectivity index (χ2n) is 2.38. The fraction of sp³-hybridized carbons (Fsp3) is 0.111. The molecule has 2 heteroatoms. The highest BCUT2D eigenvalue weighted by Gasteiger charge is 2.11.